The van der Waals surface area contributed by atoms with Gasteiger partial charge in [-0.25, -0.2) is 4.98 Å². The van der Waals surface area contributed by atoms with Crippen LogP contribution in [0, 0.1) is 13.8 Å². The number of methoxy groups -OCH3 is 1. The number of ether oxygens (including phenoxy) is 1. The van der Waals surface area contributed by atoms with E-state index in [0.29, 0.717) is 22.2 Å². The molecule has 2 aromatic rings. The molecule has 5 nitrogen and oxygen atoms in total. The lowest BCUT2D eigenvalue weighted by Crippen LogP contribution is -2.32. The molecule has 0 fully saturated rings. The third-order valence-corrected chi connectivity index (χ3v) is 3.87. The minimum atomic E-state index is -1.51. The number of thioether (sulfide) groups is 1. The first-order chi connectivity index (χ1) is 9.51. The molecule has 1 heterocycles. The summed E-state index contributed by atoms with van der Waals surface area (Å²) in [4.78, 5) is 4.28. The van der Waals surface area contributed by atoms with Crippen molar-refractivity contribution < 1.29 is 19.2 Å². The Morgan fingerprint density at radius 1 is 1.35 bits per heavy atom. The molecule has 0 spiro atoms. The summed E-state index contributed by atoms with van der Waals surface area (Å²) in [5.41, 5.74) is 2.09. The zero-order valence-electron chi connectivity index (χ0n) is 11.6. The molecule has 0 unspecified atom stereocenters. The quantitative estimate of drug-likeness (QED) is 0.639. The Bertz CT molecular complexity index is 581. The highest BCUT2D eigenvalue weighted by Crippen LogP contribution is 2.25. The van der Waals surface area contributed by atoms with E-state index in [-0.39, 0.29) is 0 Å². The maximum Gasteiger partial charge on any atom is 0.488 e. The fourth-order valence-corrected chi connectivity index (χ4v) is 2.64. The average Bonchev–Trinajstić information content (AvgIpc) is 2.75. The number of nitrogens with zero attached hydrogens (tertiary/aromatic N) is 1. The molecule has 2 N–H and O–H groups in total. The molecule has 106 valence electrons. The second-order valence-corrected chi connectivity index (χ2v) is 5.28. The number of rotatable bonds is 5. The third kappa shape index (κ3) is 3.36. The third-order valence-electron chi connectivity index (χ3n) is 2.99. The molecular formula is C13H16BNO4S. The molecule has 0 atom stereocenters. The van der Waals surface area contributed by atoms with Crippen molar-refractivity contribution in [2.24, 2.45) is 0 Å². The predicted molar refractivity (Wildman–Crippen MR) is 78.4 cm³/mol. The van der Waals surface area contributed by atoms with Crippen LogP contribution in [0.3, 0.4) is 0 Å². The highest BCUT2D eigenvalue weighted by molar-refractivity contribution is 7.98. The lowest BCUT2D eigenvalue weighted by molar-refractivity contribution is 0.413. The van der Waals surface area contributed by atoms with Crippen LogP contribution < -0.4 is 10.2 Å². The van der Waals surface area contributed by atoms with Gasteiger partial charge in [-0.3, -0.25) is 0 Å². The monoisotopic (exact) mass is 293 g/mol. The number of hydrogen-bond donors (Lipinski definition) is 2. The summed E-state index contributed by atoms with van der Waals surface area (Å²) >= 11 is 1.40. The van der Waals surface area contributed by atoms with Crippen LogP contribution in [-0.2, 0) is 5.75 Å². The van der Waals surface area contributed by atoms with Crippen molar-refractivity contribution in [1.82, 2.24) is 4.98 Å². The smallest absolute Gasteiger partial charge is 0.488 e. The highest BCUT2D eigenvalue weighted by Gasteiger charge is 2.17. The van der Waals surface area contributed by atoms with Gasteiger partial charge in [0.2, 0.25) is 0 Å². The zero-order chi connectivity index (χ0) is 14.7. The summed E-state index contributed by atoms with van der Waals surface area (Å²) in [7, 11) is 0.0618. The van der Waals surface area contributed by atoms with E-state index in [1.807, 2.05) is 13.8 Å². The van der Waals surface area contributed by atoms with Gasteiger partial charge < -0.3 is 19.2 Å². The molecule has 2 rings (SSSR count). The van der Waals surface area contributed by atoms with Crippen molar-refractivity contribution in [3.63, 3.8) is 0 Å². The van der Waals surface area contributed by atoms with Crippen LogP contribution in [-0.4, -0.2) is 29.3 Å². The van der Waals surface area contributed by atoms with Gasteiger partial charge in [0.05, 0.1) is 12.8 Å². The minimum Gasteiger partial charge on any atom is -0.497 e. The van der Waals surface area contributed by atoms with E-state index in [1.165, 1.54) is 11.8 Å². The first kappa shape index (κ1) is 15.0. The molecular weight excluding hydrogens is 277 g/mol. The van der Waals surface area contributed by atoms with Crippen LogP contribution >= 0.6 is 11.8 Å². The number of aromatic nitrogens is 1. The SMILES string of the molecule is COc1ccc(B(O)O)c(CSc2nc(C)c(C)o2)c1. The van der Waals surface area contributed by atoms with Gasteiger partial charge >= 0.3 is 7.12 Å². The van der Waals surface area contributed by atoms with E-state index >= 15 is 0 Å². The van der Waals surface area contributed by atoms with Gasteiger partial charge in [-0.15, -0.1) is 0 Å². The van der Waals surface area contributed by atoms with Crippen molar-refractivity contribution in [3.8, 4) is 5.75 Å². The fourth-order valence-electron chi connectivity index (χ4n) is 1.73. The molecule has 7 heteroatoms. The van der Waals surface area contributed by atoms with Gasteiger partial charge in [-0.05, 0) is 37.0 Å². The summed E-state index contributed by atoms with van der Waals surface area (Å²) in [6.07, 6.45) is 0. The molecule has 0 radical (unpaired) electrons. The largest absolute Gasteiger partial charge is 0.497 e. The topological polar surface area (TPSA) is 75.7 Å². The Morgan fingerprint density at radius 3 is 2.65 bits per heavy atom. The Kier molecular flexibility index (Phi) is 4.75. The van der Waals surface area contributed by atoms with Gasteiger partial charge in [0, 0.05) is 5.75 Å². The second-order valence-electron chi connectivity index (χ2n) is 4.35. The molecule has 0 saturated heterocycles. The van der Waals surface area contributed by atoms with E-state index in [9.17, 15) is 10.0 Å². The number of benzene rings is 1. The highest BCUT2D eigenvalue weighted by atomic mass is 32.2. The molecule has 0 bridgehead atoms. The van der Waals surface area contributed by atoms with Crippen molar-refractivity contribution in [2.75, 3.05) is 7.11 Å². The van der Waals surface area contributed by atoms with Gasteiger partial charge in [0.25, 0.3) is 5.22 Å². The van der Waals surface area contributed by atoms with E-state index in [0.717, 1.165) is 17.0 Å². The second kappa shape index (κ2) is 6.34. The molecule has 1 aromatic carbocycles. The Hall–Kier alpha value is -1.44. The van der Waals surface area contributed by atoms with Crippen LogP contribution in [0.5, 0.6) is 5.75 Å². The summed E-state index contributed by atoms with van der Waals surface area (Å²) in [5.74, 6) is 1.98. The first-order valence-electron chi connectivity index (χ1n) is 6.11. The fraction of sp³-hybridized carbons (Fsp3) is 0.308. The molecule has 20 heavy (non-hydrogen) atoms. The number of aryl methyl sites for hydroxylation is 2. The Labute approximate surface area is 122 Å². The van der Waals surface area contributed by atoms with Crippen molar-refractivity contribution in [3.05, 3.63) is 35.2 Å². The zero-order valence-corrected chi connectivity index (χ0v) is 12.4. The van der Waals surface area contributed by atoms with Gasteiger partial charge in [-0.2, -0.15) is 0 Å². The summed E-state index contributed by atoms with van der Waals surface area (Å²) < 4.78 is 10.6. The van der Waals surface area contributed by atoms with Crippen LogP contribution in [0.25, 0.3) is 0 Å². The van der Waals surface area contributed by atoms with Crippen LogP contribution in [0.2, 0.25) is 0 Å². The molecule has 0 aliphatic rings. The van der Waals surface area contributed by atoms with Crippen molar-refractivity contribution in [2.45, 2.75) is 24.8 Å². The van der Waals surface area contributed by atoms with E-state index in [1.54, 1.807) is 25.3 Å². The lowest BCUT2D eigenvalue weighted by atomic mass is 9.77. The normalized spacial score (nSPS) is 10.7. The Balaban J connectivity index is 2.18. The van der Waals surface area contributed by atoms with E-state index in [4.69, 9.17) is 9.15 Å². The first-order valence-corrected chi connectivity index (χ1v) is 7.09. The molecule has 0 aliphatic heterocycles. The summed E-state index contributed by atoms with van der Waals surface area (Å²) in [6, 6.07) is 5.12. The van der Waals surface area contributed by atoms with Crippen LogP contribution in [0.15, 0.2) is 27.8 Å². The summed E-state index contributed by atoms with van der Waals surface area (Å²) in [6.45, 7) is 3.75. The summed E-state index contributed by atoms with van der Waals surface area (Å²) in [5, 5.41) is 19.3. The van der Waals surface area contributed by atoms with E-state index in [2.05, 4.69) is 4.98 Å². The number of oxazole rings is 1. The lowest BCUT2D eigenvalue weighted by Gasteiger charge is -2.09. The molecule has 0 saturated carbocycles. The molecule has 0 amide bonds. The van der Waals surface area contributed by atoms with E-state index < -0.39 is 7.12 Å². The van der Waals surface area contributed by atoms with Crippen LogP contribution in [0.1, 0.15) is 17.0 Å². The maximum atomic E-state index is 9.38. The predicted octanol–water partition coefficient (Wildman–Crippen LogP) is 1.27. The van der Waals surface area contributed by atoms with Crippen molar-refractivity contribution >= 4 is 24.3 Å². The standard InChI is InChI=1S/C13H16BNO4S/c1-8-9(2)19-13(15-8)20-7-10-6-11(18-3)4-5-12(10)14(16)17/h4-6,16-17H,7H2,1-3H3. The average molecular weight is 293 g/mol. The molecule has 1 aromatic heterocycles. The van der Waals surface area contributed by atoms with Gasteiger partial charge in [-0.1, -0.05) is 17.8 Å². The molecule has 0 aliphatic carbocycles. The van der Waals surface area contributed by atoms with Crippen LogP contribution in [0.4, 0.5) is 0 Å². The van der Waals surface area contributed by atoms with Gasteiger partial charge in [0.1, 0.15) is 11.5 Å². The van der Waals surface area contributed by atoms with Crippen molar-refractivity contribution in [1.29, 1.82) is 0 Å². The van der Waals surface area contributed by atoms with Gasteiger partial charge in [0.15, 0.2) is 0 Å². The minimum absolute atomic E-state index is 0.457. The Morgan fingerprint density at radius 2 is 2.10 bits per heavy atom. The number of hydrogen-bond acceptors (Lipinski definition) is 6. The maximum absolute atomic E-state index is 9.38.